The zero-order valence-corrected chi connectivity index (χ0v) is 12.8. The maximum atomic E-state index is 11.8. The van der Waals surface area contributed by atoms with E-state index in [-0.39, 0.29) is 12.5 Å². The smallest absolute Gasteiger partial charge is 0.263 e. The van der Waals surface area contributed by atoms with Crippen molar-refractivity contribution in [2.24, 2.45) is 0 Å². The summed E-state index contributed by atoms with van der Waals surface area (Å²) in [6, 6.07) is 11.0. The number of anilines is 2. The summed E-state index contributed by atoms with van der Waals surface area (Å²) in [4.78, 5) is 11.8. The highest BCUT2D eigenvalue weighted by molar-refractivity contribution is 5.90. The zero-order valence-electron chi connectivity index (χ0n) is 12.8. The number of aromatic nitrogens is 2. The second-order valence-corrected chi connectivity index (χ2v) is 4.88. The molecule has 0 atom stereocenters. The molecule has 0 saturated heterocycles. The molecule has 0 aliphatic heterocycles. The second-order valence-electron chi connectivity index (χ2n) is 4.88. The van der Waals surface area contributed by atoms with Crippen molar-refractivity contribution in [3.05, 3.63) is 42.0 Å². The van der Waals surface area contributed by atoms with Crippen LogP contribution < -0.4 is 15.4 Å². The molecule has 2 aromatic rings. The summed E-state index contributed by atoms with van der Waals surface area (Å²) in [5.41, 5.74) is 1.14. The van der Waals surface area contributed by atoms with E-state index < -0.39 is 0 Å². The minimum absolute atomic E-state index is 0.0689. The van der Waals surface area contributed by atoms with E-state index in [0.29, 0.717) is 17.4 Å². The van der Waals surface area contributed by atoms with Gasteiger partial charge in [0.15, 0.2) is 12.4 Å². The van der Waals surface area contributed by atoms with Gasteiger partial charge in [0.2, 0.25) is 0 Å². The highest BCUT2D eigenvalue weighted by Gasteiger charge is 2.05. The highest BCUT2D eigenvalue weighted by Crippen LogP contribution is 2.11. The van der Waals surface area contributed by atoms with Gasteiger partial charge in [-0.25, -0.2) is 0 Å². The Morgan fingerprint density at radius 2 is 1.77 bits per heavy atom. The van der Waals surface area contributed by atoms with Crippen LogP contribution in [0.4, 0.5) is 11.6 Å². The molecule has 1 amide bonds. The van der Waals surface area contributed by atoms with E-state index >= 15 is 0 Å². The van der Waals surface area contributed by atoms with Crippen molar-refractivity contribution in [3.63, 3.8) is 0 Å². The molecule has 0 spiro atoms. The van der Waals surface area contributed by atoms with Crippen LogP contribution in [-0.4, -0.2) is 29.3 Å². The van der Waals surface area contributed by atoms with Crippen LogP contribution in [0.2, 0.25) is 0 Å². The number of carbonyl (C=O) groups is 1. The Morgan fingerprint density at radius 1 is 1.09 bits per heavy atom. The fourth-order valence-electron chi connectivity index (χ4n) is 1.71. The van der Waals surface area contributed by atoms with Gasteiger partial charge in [-0.3, -0.25) is 4.79 Å². The number of hydrogen-bond donors (Lipinski definition) is 2. The van der Waals surface area contributed by atoms with Gasteiger partial charge < -0.3 is 15.4 Å². The van der Waals surface area contributed by atoms with E-state index in [2.05, 4.69) is 27.8 Å². The molecule has 22 heavy (non-hydrogen) atoms. The fourth-order valence-corrected chi connectivity index (χ4v) is 1.71. The Hall–Kier alpha value is -2.63. The van der Waals surface area contributed by atoms with Crippen molar-refractivity contribution in [1.29, 1.82) is 0 Å². The number of ether oxygens (including phenoxy) is 1. The molecule has 0 fully saturated rings. The largest absolute Gasteiger partial charge is 0.484 e. The first kappa shape index (κ1) is 15.8. The minimum atomic E-state index is -0.274. The molecular formula is C16H20N4O2. The van der Waals surface area contributed by atoms with Crippen LogP contribution in [0, 0.1) is 6.92 Å². The van der Waals surface area contributed by atoms with Crippen LogP contribution in [0.25, 0.3) is 0 Å². The van der Waals surface area contributed by atoms with Crippen molar-refractivity contribution in [1.82, 2.24) is 10.2 Å². The minimum Gasteiger partial charge on any atom is -0.484 e. The molecule has 0 aliphatic carbocycles. The third-order valence-electron chi connectivity index (χ3n) is 2.88. The molecule has 0 aliphatic rings. The van der Waals surface area contributed by atoms with Gasteiger partial charge >= 0.3 is 0 Å². The number of rotatable bonds is 7. The fraction of sp³-hybridized carbons (Fsp3) is 0.312. The lowest BCUT2D eigenvalue weighted by atomic mass is 10.2. The summed E-state index contributed by atoms with van der Waals surface area (Å²) < 4.78 is 5.40. The first-order chi connectivity index (χ1) is 10.7. The molecule has 6 nitrogen and oxygen atoms in total. The Morgan fingerprint density at radius 3 is 2.41 bits per heavy atom. The molecule has 0 unspecified atom stereocenters. The summed E-state index contributed by atoms with van der Waals surface area (Å²) in [5, 5.41) is 13.7. The van der Waals surface area contributed by atoms with Gasteiger partial charge in [-0.1, -0.05) is 24.6 Å². The predicted molar refractivity (Wildman–Crippen MR) is 86.1 cm³/mol. The van der Waals surface area contributed by atoms with Crippen LogP contribution in [-0.2, 0) is 4.79 Å². The third kappa shape index (κ3) is 5.05. The van der Waals surface area contributed by atoms with Crippen LogP contribution in [0.3, 0.4) is 0 Å². The molecule has 6 heteroatoms. The molecule has 0 bridgehead atoms. The Kier molecular flexibility index (Phi) is 5.71. The first-order valence-corrected chi connectivity index (χ1v) is 7.24. The van der Waals surface area contributed by atoms with Gasteiger partial charge in [-0.15, -0.1) is 10.2 Å². The third-order valence-corrected chi connectivity index (χ3v) is 2.88. The highest BCUT2D eigenvalue weighted by atomic mass is 16.5. The lowest BCUT2D eigenvalue weighted by Gasteiger charge is -2.07. The predicted octanol–water partition coefficient (Wildman–Crippen LogP) is 2.62. The topological polar surface area (TPSA) is 76.1 Å². The van der Waals surface area contributed by atoms with Crippen molar-refractivity contribution in [2.75, 3.05) is 23.8 Å². The summed E-state index contributed by atoms with van der Waals surface area (Å²) >= 11 is 0. The number of benzene rings is 1. The summed E-state index contributed by atoms with van der Waals surface area (Å²) in [5.74, 6) is 1.48. The van der Waals surface area contributed by atoms with Crippen LogP contribution in [0.1, 0.15) is 18.9 Å². The molecule has 1 heterocycles. The van der Waals surface area contributed by atoms with E-state index in [0.717, 1.165) is 18.5 Å². The lowest BCUT2D eigenvalue weighted by Crippen LogP contribution is -2.21. The number of nitrogens with zero attached hydrogens (tertiary/aromatic N) is 2. The van der Waals surface area contributed by atoms with Crippen molar-refractivity contribution in [2.45, 2.75) is 20.3 Å². The van der Waals surface area contributed by atoms with Crippen LogP contribution in [0.15, 0.2) is 36.4 Å². The monoisotopic (exact) mass is 300 g/mol. The Bertz CT molecular complexity index is 597. The molecular weight excluding hydrogens is 280 g/mol. The van der Waals surface area contributed by atoms with E-state index in [1.807, 2.05) is 31.2 Å². The zero-order chi connectivity index (χ0) is 15.8. The molecule has 0 saturated carbocycles. The summed E-state index contributed by atoms with van der Waals surface area (Å²) in [6.45, 7) is 4.84. The molecule has 2 rings (SSSR count). The van der Waals surface area contributed by atoms with Crippen molar-refractivity contribution in [3.8, 4) is 5.75 Å². The number of amides is 1. The van der Waals surface area contributed by atoms with Crippen LogP contribution >= 0.6 is 0 Å². The van der Waals surface area contributed by atoms with E-state index in [4.69, 9.17) is 4.74 Å². The molecule has 116 valence electrons. The lowest BCUT2D eigenvalue weighted by molar-refractivity contribution is -0.118. The van der Waals surface area contributed by atoms with Crippen LogP contribution in [0.5, 0.6) is 5.75 Å². The molecule has 0 radical (unpaired) electrons. The normalized spacial score (nSPS) is 10.1. The Balaban J connectivity index is 1.80. The number of hydrogen-bond acceptors (Lipinski definition) is 5. The van der Waals surface area contributed by atoms with Gasteiger partial charge in [-0.2, -0.15) is 0 Å². The van der Waals surface area contributed by atoms with Gasteiger partial charge in [0.1, 0.15) is 11.6 Å². The van der Waals surface area contributed by atoms with Gasteiger partial charge in [0.05, 0.1) is 0 Å². The number of carbonyl (C=O) groups excluding carboxylic acids is 1. The van der Waals surface area contributed by atoms with Crippen molar-refractivity contribution >= 4 is 17.5 Å². The maximum Gasteiger partial charge on any atom is 0.263 e. The van der Waals surface area contributed by atoms with E-state index in [9.17, 15) is 4.79 Å². The summed E-state index contributed by atoms with van der Waals surface area (Å²) in [6.07, 6.45) is 1.01. The number of nitrogens with one attached hydrogen (secondary N) is 2. The van der Waals surface area contributed by atoms with Gasteiger partial charge in [-0.05, 0) is 37.6 Å². The second kappa shape index (κ2) is 7.97. The molecule has 2 N–H and O–H groups in total. The molecule has 1 aromatic heterocycles. The number of aryl methyl sites for hydroxylation is 1. The van der Waals surface area contributed by atoms with E-state index in [1.165, 1.54) is 0 Å². The Labute approximate surface area is 129 Å². The van der Waals surface area contributed by atoms with E-state index in [1.54, 1.807) is 12.1 Å². The maximum absolute atomic E-state index is 11.8. The van der Waals surface area contributed by atoms with Gasteiger partial charge in [0.25, 0.3) is 5.91 Å². The van der Waals surface area contributed by atoms with Crippen molar-refractivity contribution < 1.29 is 9.53 Å². The quantitative estimate of drug-likeness (QED) is 0.822. The standard InChI is InChI=1S/C16H20N4O2/c1-3-10-17-14-8-9-15(20-19-14)18-16(21)11-22-13-6-4-12(2)5-7-13/h4-9H,3,10-11H2,1-2H3,(H,17,19)(H,18,20,21). The molecule has 1 aromatic carbocycles. The average molecular weight is 300 g/mol. The average Bonchev–Trinajstić information content (AvgIpc) is 2.54. The van der Waals surface area contributed by atoms with Gasteiger partial charge in [0, 0.05) is 6.54 Å². The SMILES string of the molecule is CCCNc1ccc(NC(=O)COc2ccc(C)cc2)nn1. The summed E-state index contributed by atoms with van der Waals surface area (Å²) in [7, 11) is 0. The first-order valence-electron chi connectivity index (χ1n) is 7.24.